The Bertz CT molecular complexity index is 73.2. The third-order valence-corrected chi connectivity index (χ3v) is 0.702. The molecule has 6 heavy (non-hydrogen) atoms. The number of alkyl halides is 1. The minimum atomic E-state index is -0.190. The summed E-state index contributed by atoms with van der Waals surface area (Å²) >= 11 is 5.36. The molecule has 0 amide bonds. The second-order valence-corrected chi connectivity index (χ2v) is 1.47. The lowest BCUT2D eigenvalue weighted by Gasteiger charge is -1.85. The fourth-order valence-electron chi connectivity index (χ4n) is 0.238. The zero-order valence-electron chi connectivity index (χ0n) is 3.02. The van der Waals surface area contributed by atoms with E-state index in [1.807, 2.05) is 0 Å². The van der Waals surface area contributed by atoms with Crippen LogP contribution in [0.4, 0.5) is 0 Å². The molecule has 0 aliphatic carbocycles. The number of hydrogen-bond donors (Lipinski definition) is 0. The predicted octanol–water partition coefficient (Wildman–Crippen LogP) is 0.487. The maximum absolute atomic E-state index is 5.36. The van der Waals surface area contributed by atoms with Crippen LogP contribution in [0.2, 0.25) is 0 Å². The fourth-order valence-corrected chi connectivity index (χ4v) is 0.341. The highest BCUT2D eigenvalue weighted by molar-refractivity contribution is 6.21. The summed E-state index contributed by atoms with van der Waals surface area (Å²) in [7, 11) is 0. The third-order valence-electron chi connectivity index (χ3n) is 0.478. The van der Waals surface area contributed by atoms with Crippen molar-refractivity contribution in [2.45, 2.75) is 5.50 Å². The van der Waals surface area contributed by atoms with Crippen LogP contribution in [0.25, 0.3) is 0 Å². The van der Waals surface area contributed by atoms with Crippen LogP contribution in [0.1, 0.15) is 0 Å². The Hall–Kier alpha value is -0.240. The highest BCUT2D eigenvalue weighted by atomic mass is 35.5. The van der Waals surface area contributed by atoms with Gasteiger partial charge in [0.25, 0.3) is 6.40 Å². The molecular formula is C3H3ClNO. The number of halogens is 1. The van der Waals surface area contributed by atoms with Gasteiger partial charge in [-0.3, -0.25) is 0 Å². The van der Waals surface area contributed by atoms with Crippen molar-refractivity contribution in [1.29, 1.82) is 0 Å². The van der Waals surface area contributed by atoms with Gasteiger partial charge in [0.05, 0.1) is 0 Å². The lowest BCUT2D eigenvalue weighted by molar-refractivity contribution is 0.352. The average molecular weight is 105 g/mol. The van der Waals surface area contributed by atoms with E-state index >= 15 is 0 Å². The maximum atomic E-state index is 5.36. The first-order valence-corrected chi connectivity index (χ1v) is 2.04. The van der Waals surface area contributed by atoms with Gasteiger partial charge in [-0.15, -0.1) is 0 Å². The topological polar surface area (TPSA) is 21.6 Å². The molecule has 0 fully saturated rings. The summed E-state index contributed by atoms with van der Waals surface area (Å²) in [5.41, 5.74) is -0.190. The van der Waals surface area contributed by atoms with Crippen LogP contribution >= 0.6 is 11.6 Å². The summed E-state index contributed by atoms with van der Waals surface area (Å²) in [5.74, 6) is 0. The summed E-state index contributed by atoms with van der Waals surface area (Å²) < 4.78 is 4.51. The minimum absolute atomic E-state index is 0.190. The van der Waals surface area contributed by atoms with Gasteiger partial charge in [0.2, 0.25) is 0 Å². The number of ether oxygens (including phenoxy) is 1. The Morgan fingerprint density at radius 1 is 2.00 bits per heavy atom. The standard InChI is InChI=1S/C3H3ClNO/c4-3-1-6-2-5-3/h3H,1H2. The van der Waals surface area contributed by atoms with E-state index < -0.39 is 0 Å². The van der Waals surface area contributed by atoms with E-state index in [-0.39, 0.29) is 5.50 Å². The first kappa shape index (κ1) is 3.93. The van der Waals surface area contributed by atoms with Crippen molar-refractivity contribution in [3.05, 3.63) is 0 Å². The molecule has 1 atom stereocenters. The highest BCUT2D eigenvalue weighted by Crippen LogP contribution is 2.01. The van der Waals surface area contributed by atoms with Gasteiger partial charge >= 0.3 is 0 Å². The first-order chi connectivity index (χ1) is 2.89. The van der Waals surface area contributed by atoms with Crippen molar-refractivity contribution in [1.82, 2.24) is 0 Å². The molecule has 1 aliphatic rings. The Balaban J connectivity index is 2.38. The summed E-state index contributed by atoms with van der Waals surface area (Å²) in [6.07, 6.45) is 2.27. The molecule has 33 valence electrons. The molecule has 0 saturated carbocycles. The van der Waals surface area contributed by atoms with Crippen LogP contribution in [-0.4, -0.2) is 18.5 Å². The molecule has 0 aromatic heterocycles. The van der Waals surface area contributed by atoms with E-state index in [4.69, 9.17) is 11.6 Å². The second-order valence-electron chi connectivity index (χ2n) is 0.966. The van der Waals surface area contributed by atoms with E-state index in [2.05, 4.69) is 16.1 Å². The maximum Gasteiger partial charge on any atom is 0.274 e. The Kier molecular flexibility index (Phi) is 0.965. The first-order valence-electron chi connectivity index (χ1n) is 1.60. The summed E-state index contributed by atoms with van der Waals surface area (Å²) in [6.45, 7) is 0.474. The van der Waals surface area contributed by atoms with Gasteiger partial charge < -0.3 is 4.74 Å². The minimum Gasteiger partial charge on any atom is -0.470 e. The molecule has 0 aromatic carbocycles. The quantitative estimate of drug-likeness (QED) is 0.324. The van der Waals surface area contributed by atoms with E-state index in [0.29, 0.717) is 6.61 Å². The third kappa shape index (κ3) is 0.627. The van der Waals surface area contributed by atoms with Crippen LogP contribution in [0.5, 0.6) is 0 Å². The predicted molar refractivity (Wildman–Crippen MR) is 23.0 cm³/mol. The molecule has 1 aliphatic heterocycles. The highest BCUT2D eigenvalue weighted by Gasteiger charge is 2.05. The van der Waals surface area contributed by atoms with Crippen LogP contribution in [0, 0.1) is 0 Å². The Morgan fingerprint density at radius 2 is 2.83 bits per heavy atom. The van der Waals surface area contributed by atoms with Crippen LogP contribution < -0.4 is 0 Å². The number of hydrogen-bond acceptors (Lipinski definition) is 2. The van der Waals surface area contributed by atoms with Crippen molar-refractivity contribution in [2.24, 2.45) is 4.99 Å². The second kappa shape index (κ2) is 1.47. The van der Waals surface area contributed by atoms with Gasteiger partial charge in [-0.1, -0.05) is 11.6 Å². The summed E-state index contributed by atoms with van der Waals surface area (Å²) in [4.78, 5) is 3.53. The lowest BCUT2D eigenvalue weighted by atomic mass is 10.7. The molecule has 3 heteroatoms. The molecule has 0 bridgehead atoms. The Labute approximate surface area is 40.8 Å². The van der Waals surface area contributed by atoms with Gasteiger partial charge in [-0.25, -0.2) is 4.99 Å². The molecule has 1 radical (unpaired) electrons. The lowest BCUT2D eigenvalue weighted by Crippen LogP contribution is -1.93. The zero-order valence-corrected chi connectivity index (χ0v) is 3.77. The molecule has 0 spiro atoms. The largest absolute Gasteiger partial charge is 0.470 e. The summed E-state index contributed by atoms with van der Waals surface area (Å²) in [6, 6.07) is 0. The van der Waals surface area contributed by atoms with Gasteiger partial charge in [0.1, 0.15) is 6.61 Å². The molecule has 1 unspecified atom stereocenters. The number of rotatable bonds is 0. The monoisotopic (exact) mass is 104 g/mol. The molecule has 0 N–H and O–H groups in total. The number of nitrogens with zero attached hydrogens (tertiary/aromatic N) is 1. The smallest absolute Gasteiger partial charge is 0.274 e. The van der Waals surface area contributed by atoms with Crippen molar-refractivity contribution < 1.29 is 4.74 Å². The number of aliphatic imine (C=N–C) groups is 1. The molecule has 0 aromatic rings. The van der Waals surface area contributed by atoms with Gasteiger partial charge in [-0.2, -0.15) is 0 Å². The zero-order chi connectivity index (χ0) is 4.41. The molecule has 2 nitrogen and oxygen atoms in total. The van der Waals surface area contributed by atoms with E-state index in [1.165, 1.54) is 0 Å². The van der Waals surface area contributed by atoms with Crippen LogP contribution in [-0.2, 0) is 4.74 Å². The summed E-state index contributed by atoms with van der Waals surface area (Å²) in [5, 5.41) is 0. The van der Waals surface area contributed by atoms with E-state index in [9.17, 15) is 0 Å². The van der Waals surface area contributed by atoms with Gasteiger partial charge in [0.15, 0.2) is 5.50 Å². The van der Waals surface area contributed by atoms with Crippen LogP contribution in [0.3, 0.4) is 0 Å². The van der Waals surface area contributed by atoms with Crippen LogP contribution in [0.15, 0.2) is 4.99 Å². The van der Waals surface area contributed by atoms with E-state index in [1.54, 1.807) is 0 Å². The SMILES string of the molecule is ClC1CO[C]=N1. The molecular weight excluding hydrogens is 101 g/mol. The normalized spacial score (nSPS) is 30.5. The van der Waals surface area contributed by atoms with Crippen molar-refractivity contribution in [3.8, 4) is 0 Å². The average Bonchev–Trinajstić information content (AvgIpc) is 1.86. The van der Waals surface area contributed by atoms with Gasteiger partial charge in [0, 0.05) is 0 Å². The van der Waals surface area contributed by atoms with Crippen molar-refractivity contribution in [2.75, 3.05) is 6.61 Å². The molecule has 1 heterocycles. The van der Waals surface area contributed by atoms with Crippen molar-refractivity contribution >= 4 is 18.0 Å². The van der Waals surface area contributed by atoms with Gasteiger partial charge in [-0.05, 0) is 0 Å². The fraction of sp³-hybridized carbons (Fsp3) is 0.667. The molecule has 0 saturated heterocycles. The Morgan fingerprint density at radius 3 is 3.00 bits per heavy atom. The van der Waals surface area contributed by atoms with E-state index in [0.717, 1.165) is 0 Å². The molecule has 1 rings (SSSR count). The van der Waals surface area contributed by atoms with Crippen molar-refractivity contribution in [3.63, 3.8) is 0 Å².